The molecule has 3 nitrogen and oxygen atoms in total. The molecule has 4 aliphatic rings. The summed E-state index contributed by atoms with van der Waals surface area (Å²) in [5.74, 6) is 2.47. The van der Waals surface area contributed by atoms with Crippen LogP contribution in [-0.4, -0.2) is 22.5 Å². The van der Waals surface area contributed by atoms with Crippen LogP contribution in [-0.2, 0) is 6.54 Å². The van der Waals surface area contributed by atoms with Crippen molar-refractivity contribution in [3.63, 3.8) is 0 Å². The molecule has 4 bridgehead atoms. The molecule has 4 saturated carbocycles. The van der Waals surface area contributed by atoms with Crippen molar-refractivity contribution in [3.8, 4) is 0 Å². The Balaban J connectivity index is 1.63. The Morgan fingerprint density at radius 1 is 1.12 bits per heavy atom. The van der Waals surface area contributed by atoms with Gasteiger partial charge in [-0.15, -0.1) is 0 Å². The van der Waals surface area contributed by atoms with Crippen molar-refractivity contribution in [2.24, 2.45) is 17.8 Å². The molecule has 0 heterocycles. The number of urea groups is 1. The van der Waals surface area contributed by atoms with Crippen LogP contribution in [0.5, 0.6) is 0 Å². The van der Waals surface area contributed by atoms with Crippen LogP contribution in [0.3, 0.4) is 0 Å². The normalized spacial score (nSPS) is 32.9. The first kappa shape index (κ1) is 17.2. The Labute approximate surface area is 156 Å². The number of nitrogens with zero attached hydrogens (tertiary/aromatic N) is 1. The van der Waals surface area contributed by atoms with Gasteiger partial charge in [-0.3, -0.25) is 0 Å². The fourth-order valence-corrected chi connectivity index (χ4v) is 6.07. The molecule has 0 atom stereocenters. The van der Waals surface area contributed by atoms with E-state index in [4.69, 9.17) is 11.6 Å². The number of carbonyl (C=O) groups excluding carboxylic acids is 1. The molecule has 0 spiro atoms. The standard InChI is InChI=1S/C21H29ClN2O/c1-14(2)23-20(25)24(13-15-3-5-19(22)6-4-15)21-10-16-7-17(11-21)9-18(8-16)12-21/h3-6,14,16-18H,7-13H2,1-2H3,(H,23,25). The van der Waals surface area contributed by atoms with Crippen molar-refractivity contribution in [2.45, 2.75) is 70.5 Å². The molecule has 1 N–H and O–H groups in total. The van der Waals surface area contributed by atoms with Crippen molar-refractivity contribution in [3.05, 3.63) is 34.9 Å². The Morgan fingerprint density at radius 2 is 1.64 bits per heavy atom. The molecule has 25 heavy (non-hydrogen) atoms. The molecule has 0 aliphatic heterocycles. The number of carbonyl (C=O) groups is 1. The summed E-state index contributed by atoms with van der Waals surface area (Å²) in [5.41, 5.74) is 1.23. The summed E-state index contributed by atoms with van der Waals surface area (Å²) in [4.78, 5) is 15.3. The average molecular weight is 361 g/mol. The number of rotatable bonds is 4. The topological polar surface area (TPSA) is 32.3 Å². The van der Waals surface area contributed by atoms with E-state index in [-0.39, 0.29) is 17.6 Å². The van der Waals surface area contributed by atoms with Gasteiger partial charge in [-0.05, 0) is 87.8 Å². The third kappa shape index (κ3) is 3.40. The summed E-state index contributed by atoms with van der Waals surface area (Å²) in [6.45, 7) is 4.76. The minimum Gasteiger partial charge on any atom is -0.336 e. The highest BCUT2D eigenvalue weighted by atomic mass is 35.5. The molecular weight excluding hydrogens is 332 g/mol. The van der Waals surface area contributed by atoms with E-state index in [0.717, 1.165) is 22.8 Å². The maximum absolute atomic E-state index is 13.1. The van der Waals surface area contributed by atoms with Gasteiger partial charge >= 0.3 is 6.03 Å². The Bertz CT molecular complexity index is 605. The van der Waals surface area contributed by atoms with Gasteiger partial charge in [0, 0.05) is 23.1 Å². The Kier molecular flexibility index (Phi) is 4.47. The van der Waals surface area contributed by atoms with E-state index >= 15 is 0 Å². The molecule has 1 aromatic rings. The molecule has 0 saturated heterocycles. The zero-order valence-corrected chi connectivity index (χ0v) is 16.1. The van der Waals surface area contributed by atoms with Gasteiger partial charge in [-0.25, -0.2) is 4.79 Å². The van der Waals surface area contributed by atoms with E-state index < -0.39 is 0 Å². The van der Waals surface area contributed by atoms with Crippen LogP contribution >= 0.6 is 11.6 Å². The lowest BCUT2D eigenvalue weighted by Crippen LogP contribution is -2.63. The lowest BCUT2D eigenvalue weighted by Gasteiger charge is -2.60. The highest BCUT2D eigenvalue weighted by Crippen LogP contribution is 2.58. The first-order valence-corrected chi connectivity index (χ1v) is 10.1. The monoisotopic (exact) mass is 360 g/mol. The predicted octanol–water partition coefficient (Wildman–Crippen LogP) is 5.23. The Hall–Kier alpha value is -1.22. The molecule has 4 heteroatoms. The molecule has 5 rings (SSSR count). The number of benzene rings is 1. The van der Waals surface area contributed by atoms with E-state index in [2.05, 4.69) is 22.3 Å². The first-order chi connectivity index (χ1) is 11.9. The summed E-state index contributed by atoms with van der Waals surface area (Å²) >= 11 is 6.04. The van der Waals surface area contributed by atoms with Gasteiger partial charge in [0.1, 0.15) is 0 Å². The lowest BCUT2D eigenvalue weighted by atomic mass is 9.52. The summed E-state index contributed by atoms with van der Waals surface area (Å²) in [6.07, 6.45) is 7.74. The quantitative estimate of drug-likeness (QED) is 0.783. The third-order valence-corrected chi connectivity index (χ3v) is 6.74. The van der Waals surface area contributed by atoms with Crippen LogP contribution in [0, 0.1) is 17.8 Å². The molecule has 0 unspecified atom stereocenters. The van der Waals surface area contributed by atoms with Crippen LogP contribution in [0.15, 0.2) is 24.3 Å². The minimum atomic E-state index is 0.0629. The smallest absolute Gasteiger partial charge is 0.318 e. The fraction of sp³-hybridized carbons (Fsp3) is 0.667. The van der Waals surface area contributed by atoms with Crippen molar-refractivity contribution in [2.75, 3.05) is 0 Å². The van der Waals surface area contributed by atoms with Gasteiger partial charge in [0.25, 0.3) is 0 Å². The SMILES string of the molecule is CC(C)NC(=O)N(Cc1ccc(Cl)cc1)C12CC3CC(CC(C3)C1)C2. The molecular formula is C21H29ClN2O. The second-order valence-electron chi connectivity index (χ2n) is 8.96. The van der Waals surface area contributed by atoms with Gasteiger partial charge in [-0.2, -0.15) is 0 Å². The van der Waals surface area contributed by atoms with Crippen molar-refractivity contribution < 1.29 is 4.79 Å². The highest BCUT2D eigenvalue weighted by molar-refractivity contribution is 6.30. The molecule has 136 valence electrons. The molecule has 4 fully saturated rings. The van der Waals surface area contributed by atoms with Crippen LogP contribution in [0.4, 0.5) is 4.79 Å². The molecule has 0 aromatic heterocycles. The number of amides is 2. The van der Waals surface area contributed by atoms with Gasteiger partial charge in [0.05, 0.1) is 0 Å². The fourth-order valence-electron chi connectivity index (χ4n) is 5.95. The summed E-state index contributed by atoms with van der Waals surface area (Å²) < 4.78 is 0. The Morgan fingerprint density at radius 3 is 2.12 bits per heavy atom. The van der Waals surface area contributed by atoms with E-state index in [9.17, 15) is 4.79 Å². The van der Waals surface area contributed by atoms with Crippen molar-refractivity contribution in [1.29, 1.82) is 0 Å². The van der Waals surface area contributed by atoms with Crippen molar-refractivity contribution >= 4 is 17.6 Å². The summed E-state index contributed by atoms with van der Waals surface area (Å²) in [7, 11) is 0. The van der Waals surface area contributed by atoms with Crippen LogP contribution < -0.4 is 5.32 Å². The summed E-state index contributed by atoms with van der Waals surface area (Å²) in [5, 5.41) is 3.91. The lowest BCUT2D eigenvalue weighted by molar-refractivity contribution is -0.0733. The summed E-state index contributed by atoms with van der Waals surface area (Å²) in [6, 6.07) is 8.22. The number of nitrogens with one attached hydrogen (secondary N) is 1. The third-order valence-electron chi connectivity index (χ3n) is 6.49. The average Bonchev–Trinajstić information content (AvgIpc) is 2.52. The molecule has 0 radical (unpaired) electrons. The van der Waals surface area contributed by atoms with Crippen LogP contribution in [0.25, 0.3) is 0 Å². The van der Waals surface area contributed by atoms with Crippen LogP contribution in [0.1, 0.15) is 57.9 Å². The van der Waals surface area contributed by atoms with E-state index in [0.29, 0.717) is 6.54 Å². The molecule has 1 aromatic carbocycles. The number of hydrogen-bond acceptors (Lipinski definition) is 1. The second-order valence-corrected chi connectivity index (χ2v) is 9.40. The maximum atomic E-state index is 13.1. The van der Waals surface area contributed by atoms with Crippen molar-refractivity contribution in [1.82, 2.24) is 10.2 Å². The highest BCUT2D eigenvalue weighted by Gasteiger charge is 2.54. The zero-order valence-electron chi connectivity index (χ0n) is 15.3. The molecule has 2 amide bonds. The van der Waals surface area contributed by atoms with Crippen LogP contribution in [0.2, 0.25) is 5.02 Å². The van der Waals surface area contributed by atoms with Gasteiger partial charge in [0.2, 0.25) is 0 Å². The van der Waals surface area contributed by atoms with E-state index in [1.165, 1.54) is 44.1 Å². The minimum absolute atomic E-state index is 0.0629. The maximum Gasteiger partial charge on any atom is 0.318 e. The zero-order chi connectivity index (χ0) is 17.6. The van der Waals surface area contributed by atoms with E-state index in [1.807, 2.05) is 26.0 Å². The number of hydrogen-bond donors (Lipinski definition) is 1. The first-order valence-electron chi connectivity index (χ1n) is 9.76. The second kappa shape index (κ2) is 6.50. The van der Waals surface area contributed by atoms with Gasteiger partial charge < -0.3 is 10.2 Å². The number of halogens is 1. The van der Waals surface area contributed by atoms with Gasteiger partial charge in [-0.1, -0.05) is 23.7 Å². The largest absolute Gasteiger partial charge is 0.336 e. The van der Waals surface area contributed by atoms with E-state index in [1.54, 1.807) is 0 Å². The molecule has 4 aliphatic carbocycles. The van der Waals surface area contributed by atoms with Gasteiger partial charge in [0.15, 0.2) is 0 Å². The predicted molar refractivity (Wildman–Crippen MR) is 102 cm³/mol.